The number of allylic oxidation sites excluding steroid dienone is 1. The summed E-state index contributed by atoms with van der Waals surface area (Å²) in [5, 5.41) is 47.6. The molecule has 2 aliphatic heterocycles. The van der Waals surface area contributed by atoms with Crippen molar-refractivity contribution in [2.75, 3.05) is 12.4 Å². The van der Waals surface area contributed by atoms with Gasteiger partial charge < -0.3 is 20.4 Å². The lowest BCUT2D eigenvalue weighted by atomic mass is 10.0. The van der Waals surface area contributed by atoms with Gasteiger partial charge in [-0.1, -0.05) is 11.2 Å². The van der Waals surface area contributed by atoms with Crippen LogP contribution in [0.3, 0.4) is 0 Å². The van der Waals surface area contributed by atoms with Gasteiger partial charge in [-0.25, -0.2) is 14.6 Å². The van der Waals surface area contributed by atoms with E-state index in [0.29, 0.717) is 0 Å². The van der Waals surface area contributed by atoms with Crippen molar-refractivity contribution in [2.45, 2.75) is 11.4 Å². The molecule has 0 aliphatic carbocycles. The van der Waals surface area contributed by atoms with E-state index >= 15 is 0 Å². The fourth-order valence-corrected chi connectivity index (χ4v) is 5.66. The van der Waals surface area contributed by atoms with Crippen molar-refractivity contribution in [1.29, 1.82) is 0 Å². The number of thiazole rings is 1. The Kier molecular flexibility index (Phi) is 8.38. The largest absolute Gasteiger partial charge is 0.479 e. The summed E-state index contributed by atoms with van der Waals surface area (Å²) in [5.74, 6) is -4.43. The van der Waals surface area contributed by atoms with Crippen molar-refractivity contribution in [3.63, 3.8) is 0 Å². The van der Waals surface area contributed by atoms with Gasteiger partial charge >= 0.3 is 11.9 Å². The predicted molar refractivity (Wildman–Crippen MR) is 141 cm³/mol. The molecule has 41 heavy (non-hydrogen) atoms. The van der Waals surface area contributed by atoms with Crippen LogP contribution >= 0.6 is 23.1 Å². The molecule has 19 heteroatoms. The Labute approximate surface area is 236 Å². The van der Waals surface area contributed by atoms with Gasteiger partial charge in [-0.15, -0.1) is 23.1 Å². The number of carbonyl (C=O) groups is 4. The van der Waals surface area contributed by atoms with Crippen molar-refractivity contribution in [1.82, 2.24) is 15.2 Å². The number of fused-ring (bicyclic) bond motifs is 1. The molecule has 0 bridgehead atoms. The molecule has 2 amide bonds. The van der Waals surface area contributed by atoms with Gasteiger partial charge in [-0.2, -0.15) is 0 Å². The number of β-lactam (4-membered cyclic amide) rings is 1. The highest BCUT2D eigenvalue weighted by atomic mass is 32.2. The standard InChI is InChI=1S/C22H16N6O11S2/c29-15(30)6-39-25-16(13-8-40-9-23-13)19(31)24-17-20(32)26-18(22(33)34)11(7-41-21(17)26)2-1-10-3-4-12(27(35)36)5-14(10)28(37)38/h1-5,8-9,17,21H,6-7H2,(H,24,31)(H,29,30)(H,33,34)/t17?,21-/m1/s1. The third-order valence-corrected chi connectivity index (χ3v) is 7.50. The molecule has 1 aromatic heterocycles. The summed E-state index contributed by atoms with van der Waals surface area (Å²) in [6.07, 6.45) is 2.49. The number of nitrogens with zero attached hydrogens (tertiary/aromatic N) is 5. The molecule has 3 N–H and O–H groups in total. The summed E-state index contributed by atoms with van der Waals surface area (Å²) < 4.78 is 0. The number of hydrogen-bond acceptors (Lipinski definition) is 13. The van der Waals surface area contributed by atoms with Crippen molar-refractivity contribution < 1.29 is 44.1 Å². The molecule has 3 heterocycles. The molecule has 4 rings (SSSR count). The number of carbonyl (C=O) groups excluding carboxylic acids is 2. The first-order valence-electron chi connectivity index (χ1n) is 11.1. The molecule has 2 aromatic rings. The van der Waals surface area contributed by atoms with Gasteiger partial charge in [-0.05, 0) is 17.7 Å². The fourth-order valence-electron chi connectivity index (χ4n) is 3.80. The summed E-state index contributed by atoms with van der Waals surface area (Å²) in [6, 6.07) is 1.83. The highest BCUT2D eigenvalue weighted by molar-refractivity contribution is 8.00. The lowest BCUT2D eigenvalue weighted by molar-refractivity contribution is -0.394. The molecule has 1 fully saturated rings. The Balaban J connectivity index is 1.56. The van der Waals surface area contributed by atoms with Crippen molar-refractivity contribution in [3.8, 4) is 0 Å². The van der Waals surface area contributed by atoms with Gasteiger partial charge in [0.2, 0.25) is 6.61 Å². The third kappa shape index (κ3) is 6.04. The molecule has 1 aromatic carbocycles. The van der Waals surface area contributed by atoms with Crippen LogP contribution in [0.25, 0.3) is 6.08 Å². The van der Waals surface area contributed by atoms with Crippen LogP contribution in [-0.4, -0.2) is 83.2 Å². The minimum absolute atomic E-state index is 0.0241. The molecule has 2 atom stereocenters. The first-order chi connectivity index (χ1) is 19.5. The number of carboxylic acids is 2. The average molecular weight is 605 g/mol. The molecule has 0 spiro atoms. The molecular weight excluding hydrogens is 588 g/mol. The second-order valence-corrected chi connectivity index (χ2v) is 9.94. The van der Waals surface area contributed by atoms with E-state index in [0.717, 1.165) is 46.2 Å². The number of oxime groups is 1. The Bertz CT molecular complexity index is 1550. The second-order valence-electron chi connectivity index (χ2n) is 8.11. The van der Waals surface area contributed by atoms with Gasteiger partial charge in [0.15, 0.2) is 5.71 Å². The van der Waals surface area contributed by atoms with Crippen LogP contribution in [0.4, 0.5) is 11.4 Å². The van der Waals surface area contributed by atoms with Crippen LogP contribution in [0.5, 0.6) is 0 Å². The number of aliphatic carboxylic acids is 2. The number of hydrogen-bond donors (Lipinski definition) is 3. The third-order valence-electron chi connectivity index (χ3n) is 5.61. The quantitative estimate of drug-likeness (QED) is 0.141. The van der Waals surface area contributed by atoms with E-state index in [-0.39, 0.29) is 28.3 Å². The molecule has 0 saturated carbocycles. The van der Waals surface area contributed by atoms with E-state index in [2.05, 4.69) is 20.3 Å². The van der Waals surface area contributed by atoms with Crippen molar-refractivity contribution in [2.24, 2.45) is 5.16 Å². The van der Waals surface area contributed by atoms with E-state index in [1.165, 1.54) is 23.0 Å². The average Bonchev–Trinajstić information content (AvgIpc) is 3.46. The number of nitro benzene ring substituents is 2. The monoisotopic (exact) mass is 604 g/mol. The number of benzene rings is 1. The van der Waals surface area contributed by atoms with Crippen LogP contribution in [0.1, 0.15) is 11.3 Å². The zero-order valence-electron chi connectivity index (χ0n) is 20.2. The predicted octanol–water partition coefficient (Wildman–Crippen LogP) is 1.22. The van der Waals surface area contributed by atoms with E-state index in [1.807, 2.05) is 0 Å². The summed E-state index contributed by atoms with van der Waals surface area (Å²) in [6.45, 7) is -0.832. The molecule has 212 valence electrons. The number of non-ortho nitro benzene ring substituents is 1. The topological polar surface area (TPSA) is 245 Å². The Hall–Kier alpha value is -5.17. The number of nitrogens with one attached hydrogen (secondary N) is 1. The number of rotatable bonds is 11. The maximum absolute atomic E-state index is 13.0. The van der Waals surface area contributed by atoms with Gasteiger partial charge in [0.1, 0.15) is 22.8 Å². The number of amides is 2. The molecule has 1 unspecified atom stereocenters. The molecule has 17 nitrogen and oxygen atoms in total. The van der Waals surface area contributed by atoms with Gasteiger partial charge in [-0.3, -0.25) is 34.7 Å². The number of carboxylic acid groups (broad SMARTS) is 2. The maximum atomic E-state index is 13.0. The first-order valence-corrected chi connectivity index (χ1v) is 13.1. The zero-order chi connectivity index (χ0) is 29.8. The lowest BCUT2D eigenvalue weighted by Gasteiger charge is -2.49. The summed E-state index contributed by atoms with van der Waals surface area (Å²) >= 11 is 2.24. The normalized spacial score (nSPS) is 18.5. The SMILES string of the molecule is O=C(O)CON=C(C(=O)NC1C(=O)N2C(C(=O)O)=C(C=Cc3ccc([N+](=O)[O-])cc3[N+](=O)[O-])CS[C@H]12)c1cscn1. The minimum Gasteiger partial charge on any atom is -0.479 e. The highest BCUT2D eigenvalue weighted by Gasteiger charge is 2.54. The van der Waals surface area contributed by atoms with Gasteiger partial charge in [0.25, 0.3) is 23.2 Å². The zero-order valence-corrected chi connectivity index (χ0v) is 21.9. The maximum Gasteiger partial charge on any atom is 0.352 e. The summed E-state index contributed by atoms with van der Waals surface area (Å²) in [4.78, 5) is 79.1. The van der Waals surface area contributed by atoms with Crippen LogP contribution in [0.2, 0.25) is 0 Å². The van der Waals surface area contributed by atoms with E-state index < -0.39 is 68.7 Å². The molecule has 1 saturated heterocycles. The Morgan fingerprint density at radius 3 is 2.59 bits per heavy atom. The summed E-state index contributed by atoms with van der Waals surface area (Å²) in [7, 11) is 0. The van der Waals surface area contributed by atoms with Crippen LogP contribution < -0.4 is 5.32 Å². The van der Waals surface area contributed by atoms with Crippen LogP contribution in [0.15, 0.2) is 51.6 Å². The molecule has 2 aliphatic rings. The summed E-state index contributed by atoms with van der Waals surface area (Å²) in [5.41, 5.74) is -0.275. The fraction of sp³-hybridized carbons (Fsp3) is 0.182. The number of thioether (sulfide) groups is 1. The van der Waals surface area contributed by atoms with E-state index in [9.17, 15) is 44.5 Å². The lowest BCUT2D eigenvalue weighted by Crippen LogP contribution is -2.71. The Morgan fingerprint density at radius 2 is 1.98 bits per heavy atom. The van der Waals surface area contributed by atoms with Crippen LogP contribution in [0, 0.1) is 20.2 Å². The highest BCUT2D eigenvalue weighted by Crippen LogP contribution is 2.41. The van der Waals surface area contributed by atoms with E-state index in [1.54, 1.807) is 0 Å². The van der Waals surface area contributed by atoms with Crippen LogP contribution in [-0.2, 0) is 24.0 Å². The molecule has 0 radical (unpaired) electrons. The van der Waals surface area contributed by atoms with Gasteiger partial charge in [0, 0.05) is 17.2 Å². The van der Waals surface area contributed by atoms with Crippen molar-refractivity contribution >= 4 is 70.0 Å². The first kappa shape index (κ1) is 28.8. The van der Waals surface area contributed by atoms with Crippen molar-refractivity contribution in [3.05, 3.63) is 77.9 Å². The minimum atomic E-state index is -1.46. The number of nitro groups is 2. The smallest absolute Gasteiger partial charge is 0.352 e. The molecular formula is C22H16N6O11S2. The second kappa shape index (κ2) is 11.9. The number of aromatic nitrogens is 1. The van der Waals surface area contributed by atoms with Gasteiger partial charge in [0.05, 0.1) is 27.0 Å². The van der Waals surface area contributed by atoms with E-state index in [4.69, 9.17) is 5.11 Å². The Morgan fingerprint density at radius 1 is 1.22 bits per heavy atom.